The summed E-state index contributed by atoms with van der Waals surface area (Å²) in [6, 6.07) is 18.2. The third-order valence-electron chi connectivity index (χ3n) is 5.73. The van der Waals surface area contributed by atoms with Gasteiger partial charge in [-0.1, -0.05) is 81.6 Å². The number of nitrogens with one attached hydrogen (secondary N) is 1. The molecule has 0 radical (unpaired) electrons. The summed E-state index contributed by atoms with van der Waals surface area (Å²) in [7, 11) is 0. The lowest BCUT2D eigenvalue weighted by atomic mass is 9.96. The molecular formula is C27H41N. The zero-order valence-electron chi connectivity index (χ0n) is 18.3. The van der Waals surface area contributed by atoms with Crippen LogP contribution in [0.3, 0.4) is 0 Å². The molecular weight excluding hydrogens is 338 g/mol. The van der Waals surface area contributed by atoms with Gasteiger partial charge in [0.2, 0.25) is 0 Å². The van der Waals surface area contributed by atoms with Crippen LogP contribution >= 0.6 is 0 Å². The van der Waals surface area contributed by atoms with Crippen LogP contribution < -0.4 is 5.32 Å². The van der Waals surface area contributed by atoms with E-state index < -0.39 is 0 Å². The Balaban J connectivity index is 0.00000136. The van der Waals surface area contributed by atoms with E-state index in [0.717, 1.165) is 13.1 Å². The van der Waals surface area contributed by atoms with Gasteiger partial charge in [0.15, 0.2) is 0 Å². The summed E-state index contributed by atoms with van der Waals surface area (Å²) in [5.41, 5.74) is 6.32. The lowest BCUT2D eigenvalue weighted by Crippen LogP contribution is -2.18. The van der Waals surface area contributed by atoms with E-state index in [0.29, 0.717) is 0 Å². The van der Waals surface area contributed by atoms with E-state index >= 15 is 0 Å². The third kappa shape index (κ3) is 8.19. The highest BCUT2D eigenvalue weighted by Gasteiger charge is 2.04. The molecule has 0 aromatic heterocycles. The maximum Gasteiger partial charge on any atom is -0.00457 e. The maximum absolute atomic E-state index is 3.65. The quantitative estimate of drug-likeness (QED) is 0.524. The molecule has 1 nitrogen and oxygen atoms in total. The SMILES string of the molecule is CC.c1ccc2c(c1)CCCCCCCc1ccccc1CCCNCCC2. The van der Waals surface area contributed by atoms with Crippen LogP contribution in [0.4, 0.5) is 0 Å². The average molecular weight is 380 g/mol. The Morgan fingerprint density at radius 1 is 0.464 bits per heavy atom. The normalized spacial score (nSPS) is 17.1. The molecule has 0 fully saturated rings. The van der Waals surface area contributed by atoms with Crippen molar-refractivity contribution in [3.8, 4) is 0 Å². The highest BCUT2D eigenvalue weighted by Crippen LogP contribution is 2.18. The summed E-state index contributed by atoms with van der Waals surface area (Å²) >= 11 is 0. The van der Waals surface area contributed by atoms with Gasteiger partial charge in [-0.25, -0.2) is 0 Å². The minimum absolute atomic E-state index is 1.13. The first-order chi connectivity index (χ1) is 13.9. The van der Waals surface area contributed by atoms with Gasteiger partial charge in [-0.2, -0.15) is 0 Å². The lowest BCUT2D eigenvalue weighted by Gasteiger charge is -2.12. The number of rotatable bonds is 0. The molecule has 2 aromatic carbocycles. The van der Waals surface area contributed by atoms with Crippen LogP contribution in [-0.4, -0.2) is 13.1 Å². The fourth-order valence-corrected chi connectivity index (χ4v) is 4.18. The zero-order valence-corrected chi connectivity index (χ0v) is 18.3. The van der Waals surface area contributed by atoms with Gasteiger partial charge in [0.25, 0.3) is 0 Å². The van der Waals surface area contributed by atoms with Crippen LogP contribution in [-0.2, 0) is 25.7 Å². The number of hydrogen-bond donors (Lipinski definition) is 1. The van der Waals surface area contributed by atoms with Crippen molar-refractivity contribution in [3.05, 3.63) is 70.8 Å². The molecule has 0 unspecified atom stereocenters. The Morgan fingerprint density at radius 2 is 0.786 bits per heavy atom. The topological polar surface area (TPSA) is 12.0 Å². The fraction of sp³-hybridized carbons (Fsp3) is 0.556. The van der Waals surface area contributed by atoms with E-state index in [1.807, 2.05) is 13.8 Å². The summed E-state index contributed by atoms with van der Waals surface area (Å²) in [5.74, 6) is 0. The zero-order chi connectivity index (χ0) is 19.9. The van der Waals surface area contributed by atoms with Crippen LogP contribution in [0.25, 0.3) is 0 Å². The maximum atomic E-state index is 3.65. The molecule has 0 spiro atoms. The Bertz CT molecular complexity index is 535. The van der Waals surface area contributed by atoms with E-state index in [1.54, 1.807) is 22.3 Å². The Hall–Kier alpha value is -1.60. The first-order valence-corrected chi connectivity index (χ1v) is 11.8. The number of fused-ring (bicyclic) bond motifs is 2. The molecule has 0 amide bonds. The molecule has 1 aliphatic rings. The van der Waals surface area contributed by atoms with E-state index in [9.17, 15) is 0 Å². The van der Waals surface area contributed by atoms with Crippen molar-refractivity contribution in [1.82, 2.24) is 5.32 Å². The summed E-state index contributed by atoms with van der Waals surface area (Å²) < 4.78 is 0. The van der Waals surface area contributed by atoms with Gasteiger partial charge in [-0.3, -0.25) is 0 Å². The Morgan fingerprint density at radius 3 is 1.18 bits per heavy atom. The first-order valence-electron chi connectivity index (χ1n) is 11.8. The van der Waals surface area contributed by atoms with Crippen LogP contribution in [0.15, 0.2) is 48.5 Å². The minimum atomic E-state index is 1.13. The molecule has 0 aliphatic carbocycles. The Kier molecular flexibility index (Phi) is 11.7. The molecule has 1 N–H and O–H groups in total. The molecule has 154 valence electrons. The molecule has 3 rings (SSSR count). The molecule has 1 aliphatic heterocycles. The van der Waals surface area contributed by atoms with E-state index in [-0.39, 0.29) is 0 Å². The highest BCUT2D eigenvalue weighted by atomic mass is 14.8. The largest absolute Gasteiger partial charge is 0.317 e. The van der Waals surface area contributed by atoms with Gasteiger partial charge in [0.05, 0.1) is 0 Å². The molecule has 1 heteroatoms. The van der Waals surface area contributed by atoms with Crippen LogP contribution in [0.1, 0.15) is 81.0 Å². The van der Waals surface area contributed by atoms with Crippen molar-refractivity contribution in [1.29, 1.82) is 0 Å². The second kappa shape index (κ2) is 14.4. The van der Waals surface area contributed by atoms with Gasteiger partial charge in [0, 0.05) is 0 Å². The minimum Gasteiger partial charge on any atom is -0.317 e. The summed E-state index contributed by atoms with van der Waals surface area (Å²) in [6.45, 7) is 6.27. The summed E-state index contributed by atoms with van der Waals surface area (Å²) in [4.78, 5) is 0. The van der Waals surface area contributed by atoms with Crippen molar-refractivity contribution in [2.24, 2.45) is 0 Å². The van der Waals surface area contributed by atoms with E-state index in [2.05, 4.69) is 53.8 Å². The molecule has 0 atom stereocenters. The lowest BCUT2D eigenvalue weighted by molar-refractivity contribution is 0.600. The summed E-state index contributed by atoms with van der Waals surface area (Å²) in [6.07, 6.45) is 14.2. The van der Waals surface area contributed by atoms with Crippen LogP contribution in [0, 0.1) is 0 Å². The standard InChI is InChI=1S/C25H35N.C2H6/c1-2-4-12-22-14-6-8-16-24(22)18-10-20-26-21-11-19-25-17-9-7-15-23(25)13-5-3-1;1-2/h6-9,14-17,26H,1-5,10-13,18-21H2;1-2H3. The number of aryl methyl sites for hydroxylation is 4. The van der Waals surface area contributed by atoms with E-state index in [4.69, 9.17) is 0 Å². The fourth-order valence-electron chi connectivity index (χ4n) is 4.18. The third-order valence-corrected chi connectivity index (χ3v) is 5.73. The van der Waals surface area contributed by atoms with Crippen molar-refractivity contribution in [2.45, 2.75) is 84.5 Å². The molecule has 28 heavy (non-hydrogen) atoms. The first kappa shape index (κ1) is 22.7. The second-order valence-electron chi connectivity index (χ2n) is 7.76. The second-order valence-corrected chi connectivity index (χ2v) is 7.76. The van der Waals surface area contributed by atoms with Crippen molar-refractivity contribution in [3.63, 3.8) is 0 Å². The van der Waals surface area contributed by atoms with Gasteiger partial charge < -0.3 is 5.32 Å². The molecule has 0 bridgehead atoms. The molecule has 0 saturated carbocycles. The highest BCUT2D eigenvalue weighted by molar-refractivity contribution is 5.28. The van der Waals surface area contributed by atoms with E-state index in [1.165, 1.54) is 70.6 Å². The smallest absolute Gasteiger partial charge is 0.00457 e. The number of benzene rings is 2. The van der Waals surface area contributed by atoms with Crippen LogP contribution in [0.5, 0.6) is 0 Å². The van der Waals surface area contributed by atoms with Crippen molar-refractivity contribution >= 4 is 0 Å². The predicted octanol–water partition coefficient (Wildman–Crippen LogP) is 6.92. The Labute approximate surface area is 174 Å². The number of hydrogen-bond acceptors (Lipinski definition) is 1. The van der Waals surface area contributed by atoms with Crippen molar-refractivity contribution in [2.75, 3.05) is 13.1 Å². The average Bonchev–Trinajstić information content (AvgIpc) is 2.75. The van der Waals surface area contributed by atoms with Gasteiger partial charge >= 0.3 is 0 Å². The van der Waals surface area contributed by atoms with Crippen LogP contribution in [0.2, 0.25) is 0 Å². The van der Waals surface area contributed by atoms with Crippen molar-refractivity contribution < 1.29 is 0 Å². The van der Waals surface area contributed by atoms with Gasteiger partial charge in [0.1, 0.15) is 0 Å². The molecule has 1 heterocycles. The molecule has 2 aromatic rings. The predicted molar refractivity (Wildman–Crippen MR) is 124 cm³/mol. The van der Waals surface area contributed by atoms with Gasteiger partial charge in [-0.05, 0) is 86.7 Å². The molecule has 0 saturated heterocycles. The summed E-state index contributed by atoms with van der Waals surface area (Å²) in [5, 5.41) is 3.65. The van der Waals surface area contributed by atoms with Gasteiger partial charge in [-0.15, -0.1) is 0 Å². The monoisotopic (exact) mass is 379 g/mol.